The lowest BCUT2D eigenvalue weighted by atomic mass is 10.1. The maximum atomic E-state index is 12.4. The molecule has 3 N–H and O–H groups in total. The standard InChI is InChI=1S/C20H21F2N7O/c1-11(2)6-25-20-26-8-14-13(7-23-18(14)28-20)12-3-4-29-16(5-12)15(9-27-29)19(30)24-10-17(21)22/h3-5,7-9,11,17H,6,10H2,1-2H3,(H,24,30)(H2,23,25,26,28). The molecule has 0 aliphatic carbocycles. The highest BCUT2D eigenvalue weighted by atomic mass is 19.3. The molecule has 0 atom stereocenters. The van der Waals surface area contributed by atoms with Crippen molar-refractivity contribution in [1.82, 2.24) is 29.9 Å². The van der Waals surface area contributed by atoms with E-state index in [2.05, 4.69) is 44.5 Å². The average Bonchev–Trinajstić information content (AvgIpc) is 3.33. The molecule has 156 valence electrons. The van der Waals surface area contributed by atoms with Gasteiger partial charge in [0.25, 0.3) is 12.3 Å². The van der Waals surface area contributed by atoms with Crippen LogP contribution in [0.1, 0.15) is 24.2 Å². The molecule has 0 saturated heterocycles. The number of carbonyl (C=O) groups is 1. The van der Waals surface area contributed by atoms with Crippen LogP contribution in [0.15, 0.2) is 36.9 Å². The Balaban J connectivity index is 1.66. The first-order chi connectivity index (χ1) is 14.4. The van der Waals surface area contributed by atoms with Gasteiger partial charge in [0.1, 0.15) is 5.65 Å². The second kappa shape index (κ2) is 8.05. The maximum absolute atomic E-state index is 12.4. The minimum Gasteiger partial charge on any atom is -0.354 e. The molecule has 8 nitrogen and oxygen atoms in total. The van der Waals surface area contributed by atoms with Gasteiger partial charge in [-0.15, -0.1) is 0 Å². The van der Waals surface area contributed by atoms with Crippen molar-refractivity contribution in [1.29, 1.82) is 0 Å². The molecule has 0 saturated carbocycles. The van der Waals surface area contributed by atoms with Gasteiger partial charge in [0, 0.05) is 36.1 Å². The van der Waals surface area contributed by atoms with Crippen molar-refractivity contribution < 1.29 is 13.6 Å². The summed E-state index contributed by atoms with van der Waals surface area (Å²) in [5.41, 5.74) is 3.12. The molecular weight excluding hydrogens is 392 g/mol. The quantitative estimate of drug-likeness (QED) is 0.432. The fourth-order valence-electron chi connectivity index (χ4n) is 3.11. The highest BCUT2D eigenvalue weighted by molar-refractivity contribution is 6.02. The summed E-state index contributed by atoms with van der Waals surface area (Å²) in [6.45, 7) is 4.27. The van der Waals surface area contributed by atoms with Crippen LogP contribution in [-0.2, 0) is 0 Å². The molecule has 1 amide bonds. The molecule has 4 aromatic heterocycles. The monoisotopic (exact) mass is 413 g/mol. The summed E-state index contributed by atoms with van der Waals surface area (Å²) in [7, 11) is 0. The Morgan fingerprint density at radius 2 is 2.10 bits per heavy atom. The molecule has 30 heavy (non-hydrogen) atoms. The lowest BCUT2D eigenvalue weighted by Gasteiger charge is -2.07. The van der Waals surface area contributed by atoms with E-state index in [0.717, 1.165) is 23.1 Å². The van der Waals surface area contributed by atoms with Gasteiger partial charge in [0.2, 0.25) is 5.95 Å². The van der Waals surface area contributed by atoms with Crippen LogP contribution < -0.4 is 10.6 Å². The molecule has 0 aliphatic rings. The minimum absolute atomic E-state index is 0.230. The van der Waals surface area contributed by atoms with Crippen LogP contribution in [0.2, 0.25) is 0 Å². The van der Waals surface area contributed by atoms with Gasteiger partial charge < -0.3 is 15.6 Å². The zero-order valence-corrected chi connectivity index (χ0v) is 16.5. The highest BCUT2D eigenvalue weighted by Gasteiger charge is 2.16. The number of anilines is 1. The average molecular weight is 413 g/mol. The number of H-pyrrole nitrogens is 1. The molecule has 0 aromatic carbocycles. The SMILES string of the molecule is CC(C)CNc1ncc2c(-c3ccn4ncc(C(=O)NCC(F)F)c4c3)c[nH]c2n1. The molecule has 0 aliphatic heterocycles. The molecule has 0 unspecified atom stereocenters. The van der Waals surface area contributed by atoms with Crippen LogP contribution >= 0.6 is 0 Å². The van der Waals surface area contributed by atoms with Crippen molar-refractivity contribution in [3.8, 4) is 11.1 Å². The Morgan fingerprint density at radius 3 is 2.87 bits per heavy atom. The van der Waals surface area contributed by atoms with Crippen molar-refractivity contribution in [3.05, 3.63) is 42.5 Å². The third-order valence-corrected chi connectivity index (χ3v) is 4.59. The molecule has 0 spiro atoms. The summed E-state index contributed by atoms with van der Waals surface area (Å²) in [6, 6.07) is 3.65. The predicted octanol–water partition coefficient (Wildman–Crippen LogP) is 3.34. The third kappa shape index (κ3) is 3.93. The highest BCUT2D eigenvalue weighted by Crippen LogP contribution is 2.29. The topological polar surface area (TPSA) is 100 Å². The summed E-state index contributed by atoms with van der Waals surface area (Å²) in [4.78, 5) is 24.3. The molecule has 0 fully saturated rings. The first kappa shape index (κ1) is 19.7. The number of fused-ring (bicyclic) bond motifs is 2. The molecule has 0 radical (unpaired) electrons. The van der Waals surface area contributed by atoms with Gasteiger partial charge in [-0.1, -0.05) is 13.8 Å². The first-order valence-electron chi connectivity index (χ1n) is 9.54. The number of alkyl halides is 2. The van der Waals surface area contributed by atoms with E-state index in [0.29, 0.717) is 23.0 Å². The molecule has 4 heterocycles. The second-order valence-electron chi connectivity index (χ2n) is 7.34. The number of hydrogen-bond acceptors (Lipinski definition) is 5. The normalized spacial score (nSPS) is 11.7. The Morgan fingerprint density at radius 1 is 1.27 bits per heavy atom. The zero-order chi connectivity index (χ0) is 21.3. The van der Waals surface area contributed by atoms with Gasteiger partial charge in [-0.2, -0.15) is 10.1 Å². The number of rotatable bonds is 7. The second-order valence-corrected chi connectivity index (χ2v) is 7.34. The maximum Gasteiger partial charge on any atom is 0.255 e. The van der Waals surface area contributed by atoms with Crippen molar-refractivity contribution in [2.75, 3.05) is 18.4 Å². The van der Waals surface area contributed by atoms with E-state index in [-0.39, 0.29) is 5.56 Å². The van der Waals surface area contributed by atoms with Crippen LogP contribution in [0.4, 0.5) is 14.7 Å². The van der Waals surface area contributed by atoms with E-state index in [1.54, 1.807) is 18.5 Å². The Bertz CT molecular complexity index is 1200. The summed E-state index contributed by atoms with van der Waals surface area (Å²) in [6.07, 6.45) is 4.04. The summed E-state index contributed by atoms with van der Waals surface area (Å²) >= 11 is 0. The zero-order valence-electron chi connectivity index (χ0n) is 16.5. The van der Waals surface area contributed by atoms with Gasteiger partial charge in [-0.25, -0.2) is 18.3 Å². The van der Waals surface area contributed by atoms with Crippen LogP contribution in [0.5, 0.6) is 0 Å². The van der Waals surface area contributed by atoms with E-state index in [1.807, 2.05) is 12.3 Å². The molecular formula is C20H21F2N7O. The number of amides is 1. The van der Waals surface area contributed by atoms with Crippen molar-refractivity contribution in [3.63, 3.8) is 0 Å². The lowest BCUT2D eigenvalue weighted by molar-refractivity contribution is 0.0893. The fraction of sp³-hybridized carbons (Fsp3) is 0.300. The van der Waals surface area contributed by atoms with Crippen molar-refractivity contribution in [2.45, 2.75) is 20.3 Å². The molecule has 10 heteroatoms. The summed E-state index contributed by atoms with van der Waals surface area (Å²) in [5, 5.41) is 10.4. The Hall–Kier alpha value is -3.56. The van der Waals surface area contributed by atoms with Crippen molar-refractivity contribution >= 4 is 28.4 Å². The van der Waals surface area contributed by atoms with E-state index in [4.69, 9.17) is 0 Å². The number of carbonyl (C=O) groups excluding carboxylic acids is 1. The molecule has 0 bridgehead atoms. The van der Waals surface area contributed by atoms with Gasteiger partial charge in [-0.05, 0) is 23.6 Å². The van der Waals surface area contributed by atoms with E-state index in [1.165, 1.54) is 10.7 Å². The number of nitrogens with one attached hydrogen (secondary N) is 3. The fourth-order valence-corrected chi connectivity index (χ4v) is 3.11. The third-order valence-electron chi connectivity index (χ3n) is 4.59. The van der Waals surface area contributed by atoms with Crippen LogP contribution in [-0.4, -0.2) is 50.0 Å². The molecule has 4 aromatic rings. The smallest absolute Gasteiger partial charge is 0.255 e. The number of halogens is 2. The number of nitrogens with zero attached hydrogens (tertiary/aromatic N) is 4. The Kier molecular flexibility index (Phi) is 5.30. The van der Waals surface area contributed by atoms with Crippen LogP contribution in [0.3, 0.4) is 0 Å². The number of hydrogen-bond donors (Lipinski definition) is 3. The Labute approximate surface area is 170 Å². The molecule has 4 rings (SSSR count). The lowest BCUT2D eigenvalue weighted by Crippen LogP contribution is -2.28. The van der Waals surface area contributed by atoms with Gasteiger partial charge >= 0.3 is 0 Å². The first-order valence-corrected chi connectivity index (χ1v) is 9.54. The summed E-state index contributed by atoms with van der Waals surface area (Å²) in [5.74, 6) is 0.428. The van der Waals surface area contributed by atoms with E-state index < -0.39 is 18.9 Å². The van der Waals surface area contributed by atoms with E-state index in [9.17, 15) is 13.6 Å². The van der Waals surface area contributed by atoms with Crippen LogP contribution in [0, 0.1) is 5.92 Å². The predicted molar refractivity (Wildman–Crippen MR) is 110 cm³/mol. The van der Waals surface area contributed by atoms with Gasteiger partial charge in [0.15, 0.2) is 0 Å². The largest absolute Gasteiger partial charge is 0.354 e. The van der Waals surface area contributed by atoms with Gasteiger partial charge in [0.05, 0.1) is 23.8 Å². The van der Waals surface area contributed by atoms with Crippen LogP contribution in [0.25, 0.3) is 27.7 Å². The van der Waals surface area contributed by atoms with Gasteiger partial charge in [-0.3, -0.25) is 4.79 Å². The van der Waals surface area contributed by atoms with Crippen molar-refractivity contribution in [2.24, 2.45) is 5.92 Å². The number of aromatic nitrogens is 5. The number of pyridine rings is 1. The number of aromatic amines is 1. The van der Waals surface area contributed by atoms with E-state index >= 15 is 0 Å². The summed E-state index contributed by atoms with van der Waals surface area (Å²) < 4.78 is 26.3. The minimum atomic E-state index is -2.61.